The number of aromatic nitrogens is 4. The molecule has 3 rings (SSSR count). The number of aryl methyl sites for hydroxylation is 1. The first-order valence-corrected chi connectivity index (χ1v) is 10.5. The van der Waals surface area contributed by atoms with Crippen molar-refractivity contribution in [1.82, 2.24) is 25.5 Å². The normalized spacial score (nSPS) is 10.8. The van der Waals surface area contributed by atoms with Crippen LogP contribution in [0, 0.1) is 0 Å². The van der Waals surface area contributed by atoms with Crippen LogP contribution in [0.4, 0.5) is 0 Å². The fourth-order valence-electron chi connectivity index (χ4n) is 2.79. The quantitative estimate of drug-likeness (QED) is 0.283. The molecule has 0 unspecified atom stereocenters. The lowest BCUT2D eigenvalue weighted by molar-refractivity contribution is 0.0599. The molecule has 10 nitrogen and oxygen atoms in total. The summed E-state index contributed by atoms with van der Waals surface area (Å²) in [5, 5.41) is 15.4. The molecule has 2 heterocycles. The Bertz CT molecular complexity index is 1010. The van der Waals surface area contributed by atoms with Gasteiger partial charge in [0.15, 0.2) is 0 Å². The molecule has 0 radical (unpaired) electrons. The number of rotatable bonds is 10. The van der Waals surface area contributed by atoms with Gasteiger partial charge in [-0.2, -0.15) is 0 Å². The van der Waals surface area contributed by atoms with E-state index in [2.05, 4.69) is 20.8 Å². The zero-order valence-corrected chi connectivity index (χ0v) is 18.3. The number of nitrogens with one attached hydrogen (secondary N) is 1. The van der Waals surface area contributed by atoms with Crippen molar-refractivity contribution in [3.8, 4) is 11.3 Å². The summed E-state index contributed by atoms with van der Waals surface area (Å²) in [7, 11) is 4.38. The molecule has 0 aliphatic carbocycles. The molecule has 0 atom stereocenters. The molecule has 0 aliphatic heterocycles. The highest BCUT2D eigenvalue weighted by molar-refractivity contribution is 7.99. The minimum Gasteiger partial charge on any atom is -0.465 e. The van der Waals surface area contributed by atoms with E-state index in [9.17, 15) is 9.59 Å². The molecule has 0 spiro atoms. The van der Waals surface area contributed by atoms with Crippen LogP contribution in [0.2, 0.25) is 0 Å². The van der Waals surface area contributed by atoms with Gasteiger partial charge < -0.3 is 19.2 Å². The average Bonchev–Trinajstić information content (AvgIpc) is 3.43. The third-order valence-electron chi connectivity index (χ3n) is 4.33. The third kappa shape index (κ3) is 5.92. The van der Waals surface area contributed by atoms with Crippen LogP contribution in [-0.4, -0.2) is 58.7 Å². The van der Waals surface area contributed by atoms with E-state index in [1.54, 1.807) is 34.6 Å². The average molecular weight is 446 g/mol. The predicted octanol–water partition coefficient (Wildman–Crippen LogP) is 2.32. The Morgan fingerprint density at radius 2 is 1.84 bits per heavy atom. The number of thioether (sulfide) groups is 1. The minimum atomic E-state index is -0.546. The summed E-state index contributed by atoms with van der Waals surface area (Å²) in [6.45, 7) is 1.36. The maximum absolute atomic E-state index is 12.0. The van der Waals surface area contributed by atoms with Crippen LogP contribution in [0.15, 0.2) is 39.9 Å². The van der Waals surface area contributed by atoms with E-state index in [-0.39, 0.29) is 11.1 Å². The van der Waals surface area contributed by atoms with Gasteiger partial charge in [0.25, 0.3) is 0 Å². The number of benzene rings is 1. The number of carbonyl (C=O) groups is 2. The van der Waals surface area contributed by atoms with Crippen LogP contribution >= 0.6 is 11.8 Å². The van der Waals surface area contributed by atoms with Crippen molar-refractivity contribution in [2.75, 3.05) is 26.5 Å². The van der Waals surface area contributed by atoms with Crippen molar-refractivity contribution in [1.29, 1.82) is 0 Å². The first-order valence-electron chi connectivity index (χ1n) is 9.48. The number of hydrogen-bond donors (Lipinski definition) is 1. The summed E-state index contributed by atoms with van der Waals surface area (Å²) in [6.07, 6.45) is 0.939. The van der Waals surface area contributed by atoms with E-state index >= 15 is 0 Å². The zero-order valence-electron chi connectivity index (χ0n) is 17.5. The molecule has 0 fully saturated rings. The number of hydrogen-bond acceptors (Lipinski definition) is 10. The van der Waals surface area contributed by atoms with Crippen LogP contribution < -0.4 is 5.32 Å². The van der Waals surface area contributed by atoms with Crippen molar-refractivity contribution >= 4 is 23.7 Å². The highest BCUT2D eigenvalue weighted by Crippen LogP contribution is 2.26. The number of furan rings is 1. The second kappa shape index (κ2) is 10.7. The molecule has 2 aromatic heterocycles. The van der Waals surface area contributed by atoms with Crippen LogP contribution in [0.25, 0.3) is 11.3 Å². The molecule has 1 aromatic carbocycles. The van der Waals surface area contributed by atoms with Crippen molar-refractivity contribution in [2.45, 2.75) is 18.1 Å². The Kier molecular flexibility index (Phi) is 7.79. The number of carbonyl (C=O) groups excluding carboxylic acids is 2. The predicted molar refractivity (Wildman–Crippen MR) is 113 cm³/mol. The van der Waals surface area contributed by atoms with Crippen molar-refractivity contribution in [3.63, 3.8) is 0 Å². The van der Waals surface area contributed by atoms with Crippen LogP contribution in [0.1, 0.15) is 32.9 Å². The van der Waals surface area contributed by atoms with Gasteiger partial charge in [0.2, 0.25) is 5.16 Å². The SMILES string of the molecule is COC(=O)c1cc(C(=O)OC)cc(-c2ccc(CNCCCSc3nnnn3C)o2)c1. The van der Waals surface area contributed by atoms with Gasteiger partial charge in [-0.05, 0) is 53.7 Å². The summed E-state index contributed by atoms with van der Waals surface area (Å²) in [6, 6.07) is 8.32. The molecule has 3 aromatic rings. The Balaban J connectivity index is 1.57. The Hall–Kier alpha value is -3.18. The number of esters is 2. The fraction of sp³-hybridized carbons (Fsp3) is 0.350. The molecule has 11 heteroatoms. The standard InChI is InChI=1S/C20H23N5O5S/c1-25-20(22-23-24-25)31-8-4-7-21-12-16-5-6-17(30-16)13-9-14(18(26)28-2)11-15(10-13)19(27)29-3/h5-6,9-11,21H,4,7-8,12H2,1-3H3. The number of methoxy groups -OCH3 is 2. The molecule has 1 N–H and O–H groups in total. The molecule has 0 aliphatic rings. The lowest BCUT2D eigenvalue weighted by atomic mass is 10.0. The fourth-order valence-corrected chi connectivity index (χ4v) is 3.57. The van der Waals surface area contributed by atoms with Gasteiger partial charge in [-0.15, -0.1) is 5.10 Å². The smallest absolute Gasteiger partial charge is 0.337 e. The first kappa shape index (κ1) is 22.5. The second-order valence-electron chi connectivity index (χ2n) is 6.51. The van der Waals surface area contributed by atoms with Gasteiger partial charge in [0, 0.05) is 18.4 Å². The second-order valence-corrected chi connectivity index (χ2v) is 7.57. The van der Waals surface area contributed by atoms with Crippen molar-refractivity contribution < 1.29 is 23.5 Å². The maximum Gasteiger partial charge on any atom is 0.337 e. The molecule has 0 amide bonds. The molecule has 0 saturated heterocycles. The summed E-state index contributed by atoms with van der Waals surface area (Å²) in [5.41, 5.74) is 1.07. The van der Waals surface area contributed by atoms with Gasteiger partial charge in [-0.25, -0.2) is 14.3 Å². The topological polar surface area (TPSA) is 121 Å². The Morgan fingerprint density at radius 1 is 1.13 bits per heavy atom. The molecule has 0 saturated carbocycles. The Labute approximate surface area is 183 Å². The molecular formula is C20H23N5O5S. The van der Waals surface area contributed by atoms with Crippen LogP contribution in [-0.2, 0) is 23.1 Å². The number of nitrogens with zero attached hydrogens (tertiary/aromatic N) is 4. The minimum absolute atomic E-state index is 0.243. The highest BCUT2D eigenvalue weighted by atomic mass is 32.2. The van der Waals surface area contributed by atoms with E-state index in [0.717, 1.165) is 29.6 Å². The molecular weight excluding hydrogens is 422 g/mol. The van der Waals surface area contributed by atoms with Crippen LogP contribution in [0.3, 0.4) is 0 Å². The summed E-state index contributed by atoms with van der Waals surface area (Å²) >= 11 is 1.60. The third-order valence-corrected chi connectivity index (χ3v) is 5.43. The molecule has 31 heavy (non-hydrogen) atoms. The van der Waals surface area contributed by atoms with E-state index in [1.807, 2.05) is 13.1 Å². The monoisotopic (exact) mass is 445 g/mol. The highest BCUT2D eigenvalue weighted by Gasteiger charge is 2.16. The molecule has 164 valence electrons. The van der Waals surface area contributed by atoms with Gasteiger partial charge in [0.05, 0.1) is 31.9 Å². The van der Waals surface area contributed by atoms with Gasteiger partial charge in [-0.1, -0.05) is 11.8 Å². The largest absolute Gasteiger partial charge is 0.465 e. The number of ether oxygens (including phenoxy) is 2. The first-order chi connectivity index (χ1) is 15.0. The van der Waals surface area contributed by atoms with E-state index in [1.165, 1.54) is 20.3 Å². The summed E-state index contributed by atoms with van der Waals surface area (Å²) < 4.78 is 17.1. The zero-order chi connectivity index (χ0) is 22.2. The molecule has 0 bridgehead atoms. The van der Waals surface area contributed by atoms with E-state index < -0.39 is 11.9 Å². The lowest BCUT2D eigenvalue weighted by Gasteiger charge is -2.07. The Morgan fingerprint density at radius 3 is 2.45 bits per heavy atom. The van der Waals surface area contributed by atoms with Gasteiger partial charge in [-0.3, -0.25) is 0 Å². The van der Waals surface area contributed by atoms with Gasteiger partial charge in [0.1, 0.15) is 11.5 Å². The summed E-state index contributed by atoms with van der Waals surface area (Å²) in [4.78, 5) is 23.9. The van der Waals surface area contributed by atoms with Crippen molar-refractivity contribution in [3.05, 3.63) is 47.2 Å². The van der Waals surface area contributed by atoms with Crippen molar-refractivity contribution in [2.24, 2.45) is 7.05 Å². The summed E-state index contributed by atoms with van der Waals surface area (Å²) in [5.74, 6) is 1.08. The van der Waals surface area contributed by atoms with Crippen LogP contribution in [0.5, 0.6) is 0 Å². The number of tetrazole rings is 1. The van der Waals surface area contributed by atoms with Gasteiger partial charge >= 0.3 is 11.9 Å². The lowest BCUT2D eigenvalue weighted by Crippen LogP contribution is -2.14. The maximum atomic E-state index is 12.0. The van der Waals surface area contributed by atoms with E-state index in [4.69, 9.17) is 13.9 Å². The van der Waals surface area contributed by atoms with E-state index in [0.29, 0.717) is 17.9 Å².